The maximum Gasteiger partial charge on any atom is 0.297 e. The van der Waals surface area contributed by atoms with Crippen molar-refractivity contribution >= 4 is 53.4 Å². The number of unbranched alkanes of at least 4 members (excludes halogenated alkanes) is 3. The van der Waals surface area contributed by atoms with Crippen molar-refractivity contribution in [2.45, 2.75) is 103 Å². The molecule has 0 aromatic rings. The van der Waals surface area contributed by atoms with Gasteiger partial charge in [-0.2, -0.15) is 0 Å². The van der Waals surface area contributed by atoms with E-state index < -0.39 is 43.3 Å². The van der Waals surface area contributed by atoms with Gasteiger partial charge in [-0.05, 0) is 77.6 Å². The van der Waals surface area contributed by atoms with Crippen molar-refractivity contribution in [1.82, 2.24) is 0 Å². The van der Waals surface area contributed by atoms with Gasteiger partial charge >= 0.3 is 0 Å². The van der Waals surface area contributed by atoms with Gasteiger partial charge in [0.05, 0.1) is 0 Å². The summed E-state index contributed by atoms with van der Waals surface area (Å²) in [6.07, 6.45) is 5.35. The summed E-state index contributed by atoms with van der Waals surface area (Å²) >= 11 is 0. The van der Waals surface area contributed by atoms with Gasteiger partial charge in [-0.15, -0.1) is 0 Å². The second-order valence-electron chi connectivity index (χ2n) is 9.52. The van der Waals surface area contributed by atoms with E-state index in [1.165, 1.54) is 37.8 Å². The van der Waals surface area contributed by atoms with Gasteiger partial charge in [-0.25, -0.2) is 0 Å². The first-order valence-electron chi connectivity index (χ1n) is 10.0. The minimum Gasteiger partial charge on any atom is -0.458 e. The lowest BCUT2D eigenvalue weighted by atomic mass is 10.2. The van der Waals surface area contributed by atoms with Crippen LogP contribution in [0.25, 0.3) is 0 Å². The first kappa shape index (κ1) is 29.2. The first-order valence-corrected chi connectivity index (χ1v) is 25.1. The fraction of sp³-hybridized carbons (Fsp3) is 1.00. The molecule has 10 heteroatoms. The molecular formula is C16H46O4Si6. The van der Waals surface area contributed by atoms with Gasteiger partial charge in [0, 0.05) is 0 Å². The molecule has 158 valence electrons. The molecule has 0 amide bonds. The number of hydrogen-bond donors (Lipinski definition) is 0. The van der Waals surface area contributed by atoms with Crippen molar-refractivity contribution in [3.05, 3.63) is 0 Å². The molecule has 0 heterocycles. The van der Waals surface area contributed by atoms with Crippen LogP contribution < -0.4 is 0 Å². The summed E-state index contributed by atoms with van der Waals surface area (Å²) in [5, 5.41) is 0. The van der Waals surface area contributed by atoms with Gasteiger partial charge in [-0.1, -0.05) is 25.7 Å². The number of hydrogen-bond acceptors (Lipinski definition) is 4. The predicted molar refractivity (Wildman–Crippen MR) is 131 cm³/mol. The molecule has 0 aliphatic rings. The molecule has 0 radical (unpaired) electrons. The molecule has 0 saturated heterocycles. The zero-order chi connectivity index (χ0) is 21.0. The maximum absolute atomic E-state index is 8.28. The molecule has 0 aliphatic carbocycles. The standard InChI is InChI=1S/C16H44O3Si5.H2OSi/c1-20(2)17-23(7,8)15-13-11-12-14-16-24(9,10)19-21(3)18-22(4,5)6;1-2/h20-21H,11-16H2,1-10H3;2H2. The van der Waals surface area contributed by atoms with E-state index in [-0.39, 0.29) is 0 Å². The molecule has 0 N–H and O–H groups in total. The smallest absolute Gasteiger partial charge is 0.297 e. The van der Waals surface area contributed by atoms with E-state index in [4.69, 9.17) is 16.8 Å². The third kappa shape index (κ3) is 19.7. The van der Waals surface area contributed by atoms with E-state index in [9.17, 15) is 0 Å². The van der Waals surface area contributed by atoms with Crippen molar-refractivity contribution in [2.24, 2.45) is 0 Å². The Bertz CT molecular complexity index is 361. The van der Waals surface area contributed by atoms with Crippen molar-refractivity contribution < 1.29 is 16.8 Å². The van der Waals surface area contributed by atoms with Crippen LogP contribution in [0.1, 0.15) is 25.7 Å². The monoisotopic (exact) mass is 470 g/mol. The van der Waals surface area contributed by atoms with Gasteiger partial charge < -0.3 is 16.8 Å². The highest BCUT2D eigenvalue weighted by molar-refractivity contribution is 6.81. The lowest BCUT2D eigenvalue weighted by Gasteiger charge is -2.30. The Hall–Kier alpha value is 0.981. The van der Waals surface area contributed by atoms with Crippen LogP contribution in [-0.2, 0) is 16.8 Å². The summed E-state index contributed by atoms with van der Waals surface area (Å²) < 4.78 is 27.1. The second-order valence-corrected chi connectivity index (χ2v) is 27.8. The second kappa shape index (κ2) is 14.0. The van der Waals surface area contributed by atoms with Crippen LogP contribution in [0, 0.1) is 0 Å². The van der Waals surface area contributed by atoms with Crippen molar-refractivity contribution in [3.8, 4) is 0 Å². The summed E-state index contributed by atoms with van der Waals surface area (Å²) in [7, 11) is -6.04. The van der Waals surface area contributed by atoms with Gasteiger partial charge in [-0.3, -0.25) is 0 Å². The third-order valence-corrected chi connectivity index (χ3v) is 19.5. The zero-order valence-electron chi connectivity index (χ0n) is 19.2. The van der Waals surface area contributed by atoms with E-state index in [0.29, 0.717) is 10.1 Å². The van der Waals surface area contributed by atoms with Crippen molar-refractivity contribution in [2.75, 3.05) is 0 Å². The topological polar surface area (TPSA) is 44.8 Å². The summed E-state index contributed by atoms with van der Waals surface area (Å²) in [5.74, 6) is 0. The summed E-state index contributed by atoms with van der Waals surface area (Å²) in [4.78, 5) is 0. The van der Waals surface area contributed by atoms with Crippen LogP contribution in [0.15, 0.2) is 0 Å². The molecule has 0 spiro atoms. The molecule has 0 rings (SSSR count). The van der Waals surface area contributed by atoms with Crippen molar-refractivity contribution in [1.29, 1.82) is 0 Å². The fourth-order valence-corrected chi connectivity index (χ4v) is 19.6. The molecule has 0 aliphatic heterocycles. The highest BCUT2D eigenvalue weighted by Crippen LogP contribution is 2.21. The molecule has 26 heavy (non-hydrogen) atoms. The highest BCUT2D eigenvalue weighted by atomic mass is 28.4. The van der Waals surface area contributed by atoms with Crippen molar-refractivity contribution in [3.63, 3.8) is 0 Å². The molecule has 4 nitrogen and oxygen atoms in total. The Morgan fingerprint density at radius 1 is 0.654 bits per heavy atom. The lowest BCUT2D eigenvalue weighted by Crippen LogP contribution is -2.42. The average molecular weight is 471 g/mol. The third-order valence-electron chi connectivity index (χ3n) is 3.87. The van der Waals surface area contributed by atoms with E-state index in [1.807, 2.05) is 0 Å². The zero-order valence-corrected chi connectivity index (χ0v) is 26.0. The highest BCUT2D eigenvalue weighted by Gasteiger charge is 2.28. The minimum absolute atomic E-state index is 0.611. The Kier molecular flexibility index (Phi) is 15.8. The van der Waals surface area contributed by atoms with E-state index in [0.717, 1.165) is 0 Å². The molecule has 0 bridgehead atoms. The van der Waals surface area contributed by atoms with Gasteiger partial charge in [0.1, 0.15) is 0 Å². The normalized spacial score (nSPS) is 14.1. The molecular weight excluding hydrogens is 425 g/mol. The van der Waals surface area contributed by atoms with Crippen LogP contribution in [0.3, 0.4) is 0 Å². The maximum atomic E-state index is 8.28. The van der Waals surface area contributed by atoms with Crippen LogP contribution in [0.4, 0.5) is 0 Å². The molecule has 0 aromatic carbocycles. The molecule has 0 aromatic heterocycles. The molecule has 0 saturated carbocycles. The quantitative estimate of drug-likeness (QED) is 0.290. The molecule has 0 fully saturated rings. The summed E-state index contributed by atoms with van der Waals surface area (Å²) in [6.45, 7) is 23.0. The largest absolute Gasteiger partial charge is 0.458 e. The Morgan fingerprint density at radius 2 is 1.04 bits per heavy atom. The van der Waals surface area contributed by atoms with Gasteiger partial charge in [0.25, 0.3) is 9.28 Å². The van der Waals surface area contributed by atoms with Crippen LogP contribution in [0.2, 0.25) is 77.6 Å². The van der Waals surface area contributed by atoms with Crippen LogP contribution in [0.5, 0.6) is 0 Å². The minimum atomic E-state index is -1.54. The van der Waals surface area contributed by atoms with E-state index in [1.54, 1.807) is 0 Å². The number of rotatable bonds is 13. The van der Waals surface area contributed by atoms with Crippen LogP contribution >= 0.6 is 0 Å². The molecule has 1 unspecified atom stereocenters. The summed E-state index contributed by atoms with van der Waals surface area (Å²) in [6, 6.07) is 2.60. The predicted octanol–water partition coefficient (Wildman–Crippen LogP) is 4.64. The molecule has 1 atom stereocenters. The Labute approximate surface area is 173 Å². The van der Waals surface area contributed by atoms with E-state index in [2.05, 4.69) is 65.5 Å². The fourth-order valence-electron chi connectivity index (χ4n) is 3.18. The Balaban J connectivity index is 0. The van der Waals surface area contributed by atoms with Crippen LogP contribution in [-0.4, -0.2) is 53.4 Å². The average Bonchev–Trinajstić information content (AvgIpc) is 2.40. The SMILES string of the molecule is C[SiH](C)O[Si](C)(C)CCCCCC[Si](C)(C)O[SiH](C)O[Si](C)(C)C.O=[SiH2]. The Morgan fingerprint density at radius 3 is 1.38 bits per heavy atom. The lowest BCUT2D eigenvalue weighted by molar-refractivity contribution is 0.422. The summed E-state index contributed by atoms with van der Waals surface area (Å²) in [5.41, 5.74) is 0. The van der Waals surface area contributed by atoms with Gasteiger partial charge in [0.2, 0.25) is 10.1 Å². The van der Waals surface area contributed by atoms with Gasteiger partial charge in [0.15, 0.2) is 34.0 Å². The first-order chi connectivity index (χ1) is 11.7. The van der Waals surface area contributed by atoms with E-state index >= 15 is 0 Å².